The molecule has 3 aromatic heterocycles. The Hall–Kier alpha value is -2.68. The number of hydrogen-bond acceptors (Lipinski definition) is 0. The molecule has 0 radical (unpaired) electrons. The molecule has 0 amide bonds. The zero-order valence-corrected chi connectivity index (χ0v) is 18.1. The summed E-state index contributed by atoms with van der Waals surface area (Å²) in [5.74, 6) is 1.66. The van der Waals surface area contributed by atoms with Crippen molar-refractivity contribution in [1.82, 2.24) is 4.57 Å². The van der Waals surface area contributed by atoms with Crippen LogP contribution in [0.2, 0.25) is 0 Å². The monoisotopic (exact) mass is 373 g/mol. The largest absolute Gasteiger partial charge is 0.298 e. The van der Waals surface area contributed by atoms with E-state index in [1.807, 2.05) is 0 Å². The van der Waals surface area contributed by atoms with E-state index in [0.717, 1.165) is 0 Å². The van der Waals surface area contributed by atoms with E-state index in [1.54, 1.807) is 0 Å². The minimum absolute atomic E-state index is 0.104. The standard InChI is InChI=1S/C25H31N3/c1-17(2)21-13-12-20-19-10-8-9-11-22(19)28(24(20)27(21)7)23-16-18(25(3,4)5)14-15-26(23)6/h8-17H,1-7H3/q+2. The molecule has 0 fully saturated rings. The van der Waals surface area contributed by atoms with E-state index in [4.69, 9.17) is 0 Å². The van der Waals surface area contributed by atoms with Crippen LogP contribution in [-0.2, 0) is 19.5 Å². The van der Waals surface area contributed by atoms with E-state index in [9.17, 15) is 0 Å². The van der Waals surface area contributed by atoms with Gasteiger partial charge in [0.05, 0.1) is 25.7 Å². The maximum absolute atomic E-state index is 2.42. The second-order valence-electron chi connectivity index (χ2n) is 9.20. The fourth-order valence-electron chi connectivity index (χ4n) is 4.21. The zero-order chi connectivity index (χ0) is 20.2. The van der Waals surface area contributed by atoms with Gasteiger partial charge in [-0.3, -0.25) is 0 Å². The molecule has 0 atom stereocenters. The average Bonchev–Trinajstić information content (AvgIpc) is 2.96. The second-order valence-corrected chi connectivity index (χ2v) is 9.20. The molecule has 0 N–H and O–H groups in total. The third-order valence-electron chi connectivity index (χ3n) is 5.82. The third kappa shape index (κ3) is 2.81. The van der Waals surface area contributed by atoms with E-state index in [2.05, 4.69) is 117 Å². The van der Waals surface area contributed by atoms with Crippen LogP contribution in [0.5, 0.6) is 0 Å². The molecule has 3 heteroatoms. The van der Waals surface area contributed by atoms with Crippen LogP contribution in [0, 0.1) is 0 Å². The highest BCUT2D eigenvalue weighted by Crippen LogP contribution is 2.31. The molecule has 0 bridgehead atoms. The normalized spacial score (nSPS) is 12.4. The van der Waals surface area contributed by atoms with Gasteiger partial charge in [-0.05, 0) is 41.3 Å². The minimum Gasteiger partial charge on any atom is -0.236 e. The molecule has 0 aliphatic rings. The van der Waals surface area contributed by atoms with Crippen LogP contribution in [0.1, 0.15) is 51.8 Å². The molecule has 3 heterocycles. The Bertz CT molecular complexity index is 1190. The minimum atomic E-state index is 0.104. The molecule has 4 rings (SSSR count). The Kier molecular flexibility index (Phi) is 4.29. The first-order chi connectivity index (χ1) is 13.2. The van der Waals surface area contributed by atoms with Crippen LogP contribution in [0.25, 0.3) is 27.8 Å². The van der Waals surface area contributed by atoms with Gasteiger partial charge in [-0.15, -0.1) is 0 Å². The molecule has 0 spiro atoms. The van der Waals surface area contributed by atoms with Crippen LogP contribution in [0.15, 0.2) is 54.7 Å². The van der Waals surface area contributed by atoms with Crippen molar-refractivity contribution in [1.29, 1.82) is 0 Å². The van der Waals surface area contributed by atoms with Crippen molar-refractivity contribution in [2.45, 2.75) is 46.0 Å². The molecule has 0 aliphatic carbocycles. The highest BCUT2D eigenvalue weighted by molar-refractivity contribution is 6.06. The van der Waals surface area contributed by atoms with Gasteiger partial charge in [-0.2, -0.15) is 4.57 Å². The first kappa shape index (κ1) is 18.7. The Balaban J connectivity index is 2.18. The van der Waals surface area contributed by atoms with Crippen LogP contribution in [0.3, 0.4) is 0 Å². The first-order valence-corrected chi connectivity index (χ1v) is 10.1. The predicted molar refractivity (Wildman–Crippen MR) is 116 cm³/mol. The van der Waals surface area contributed by atoms with Crippen molar-refractivity contribution < 1.29 is 9.13 Å². The summed E-state index contributed by atoms with van der Waals surface area (Å²) in [5, 5.41) is 2.59. The predicted octanol–water partition coefficient (Wildman–Crippen LogP) is 4.85. The van der Waals surface area contributed by atoms with Crippen molar-refractivity contribution in [3.8, 4) is 5.82 Å². The maximum Gasteiger partial charge on any atom is 0.298 e. The van der Waals surface area contributed by atoms with Gasteiger partial charge in [0.25, 0.3) is 11.5 Å². The number of aryl methyl sites for hydroxylation is 2. The summed E-state index contributed by atoms with van der Waals surface area (Å²) < 4.78 is 7.01. The Morgan fingerprint density at radius 2 is 1.61 bits per heavy atom. The first-order valence-electron chi connectivity index (χ1n) is 10.1. The summed E-state index contributed by atoms with van der Waals surface area (Å²) in [6.45, 7) is 11.3. The smallest absolute Gasteiger partial charge is 0.236 e. The van der Waals surface area contributed by atoms with Gasteiger partial charge < -0.3 is 0 Å². The van der Waals surface area contributed by atoms with Crippen molar-refractivity contribution in [2.24, 2.45) is 14.1 Å². The molecule has 0 saturated heterocycles. The highest BCUT2D eigenvalue weighted by Gasteiger charge is 2.28. The van der Waals surface area contributed by atoms with Crippen molar-refractivity contribution >= 4 is 21.9 Å². The maximum atomic E-state index is 2.42. The van der Waals surface area contributed by atoms with E-state index in [-0.39, 0.29) is 5.41 Å². The van der Waals surface area contributed by atoms with Gasteiger partial charge in [0, 0.05) is 17.4 Å². The SMILES string of the molecule is CC(C)c1ccc2c3ccccc3n(-c3cc(C(C)(C)C)cc[n+]3C)c2[n+]1C. The Morgan fingerprint density at radius 3 is 2.29 bits per heavy atom. The number of benzene rings is 1. The molecule has 144 valence electrons. The molecule has 0 unspecified atom stereocenters. The molecule has 3 nitrogen and oxygen atoms in total. The Morgan fingerprint density at radius 1 is 0.893 bits per heavy atom. The molecular weight excluding hydrogens is 342 g/mol. The summed E-state index contributed by atoms with van der Waals surface area (Å²) in [4.78, 5) is 0. The van der Waals surface area contributed by atoms with Gasteiger partial charge in [0.1, 0.15) is 11.2 Å². The molecule has 0 aliphatic heterocycles. The van der Waals surface area contributed by atoms with Gasteiger partial charge in [-0.1, -0.05) is 46.8 Å². The molecule has 1 aromatic carbocycles. The van der Waals surface area contributed by atoms with Gasteiger partial charge in [0.2, 0.25) is 0 Å². The number of rotatable bonds is 2. The van der Waals surface area contributed by atoms with Gasteiger partial charge in [-0.25, -0.2) is 9.13 Å². The lowest BCUT2D eigenvalue weighted by Gasteiger charge is -2.19. The van der Waals surface area contributed by atoms with E-state index in [0.29, 0.717) is 5.92 Å². The van der Waals surface area contributed by atoms with Gasteiger partial charge in [0.15, 0.2) is 0 Å². The molecule has 0 saturated carbocycles. The zero-order valence-electron chi connectivity index (χ0n) is 18.1. The fraction of sp³-hybridized carbons (Fsp3) is 0.360. The molecule has 4 aromatic rings. The topological polar surface area (TPSA) is 12.7 Å². The lowest BCUT2D eigenvalue weighted by molar-refractivity contribution is -0.670. The van der Waals surface area contributed by atoms with Gasteiger partial charge >= 0.3 is 0 Å². The summed E-state index contributed by atoms with van der Waals surface area (Å²) >= 11 is 0. The van der Waals surface area contributed by atoms with Crippen LogP contribution >= 0.6 is 0 Å². The lowest BCUT2D eigenvalue weighted by atomic mass is 9.88. The van der Waals surface area contributed by atoms with Crippen molar-refractivity contribution in [3.05, 3.63) is 66.0 Å². The number of hydrogen-bond donors (Lipinski definition) is 0. The summed E-state index contributed by atoms with van der Waals surface area (Å²) in [6, 6.07) is 17.9. The second kappa shape index (κ2) is 6.44. The number of para-hydroxylation sites is 1. The van der Waals surface area contributed by atoms with Crippen LogP contribution in [0.4, 0.5) is 0 Å². The Labute approximate surface area is 167 Å². The number of pyridine rings is 2. The fourth-order valence-corrected chi connectivity index (χ4v) is 4.21. The third-order valence-corrected chi connectivity index (χ3v) is 5.82. The quantitative estimate of drug-likeness (QED) is 0.445. The molecule has 28 heavy (non-hydrogen) atoms. The summed E-state index contributed by atoms with van der Waals surface area (Å²) in [6.07, 6.45) is 2.18. The average molecular weight is 374 g/mol. The number of fused-ring (bicyclic) bond motifs is 3. The van der Waals surface area contributed by atoms with Crippen LogP contribution in [-0.4, -0.2) is 4.57 Å². The van der Waals surface area contributed by atoms with Crippen molar-refractivity contribution in [3.63, 3.8) is 0 Å². The number of nitrogens with zero attached hydrogens (tertiary/aromatic N) is 3. The number of aromatic nitrogens is 3. The van der Waals surface area contributed by atoms with E-state index >= 15 is 0 Å². The highest BCUT2D eigenvalue weighted by atomic mass is 15.2. The summed E-state index contributed by atoms with van der Waals surface area (Å²) in [7, 11) is 4.33. The van der Waals surface area contributed by atoms with Crippen LogP contribution < -0.4 is 9.13 Å². The summed E-state index contributed by atoms with van der Waals surface area (Å²) in [5.41, 5.74) is 5.28. The lowest BCUT2D eigenvalue weighted by Crippen LogP contribution is -2.40. The van der Waals surface area contributed by atoms with E-state index < -0.39 is 0 Å². The molecular formula is C25H31N3+2. The van der Waals surface area contributed by atoms with Crippen molar-refractivity contribution in [2.75, 3.05) is 0 Å². The van der Waals surface area contributed by atoms with E-state index in [1.165, 1.54) is 39.0 Å².